The zero-order chi connectivity index (χ0) is 12.6. The van der Waals surface area contributed by atoms with E-state index in [0.717, 1.165) is 16.7 Å². The molecule has 2 aromatic rings. The van der Waals surface area contributed by atoms with E-state index in [9.17, 15) is 0 Å². The molecule has 0 aliphatic heterocycles. The summed E-state index contributed by atoms with van der Waals surface area (Å²) in [5, 5.41) is 3.69. The Morgan fingerprint density at radius 3 is 2.58 bits per heavy atom. The van der Waals surface area contributed by atoms with E-state index in [2.05, 4.69) is 26.8 Å². The Bertz CT molecular complexity index is 600. The minimum Gasteiger partial charge on any atom is -0.399 e. The Hall–Kier alpha value is -2.31. The third-order valence-corrected chi connectivity index (χ3v) is 2.19. The number of pyridine rings is 1. The van der Waals surface area contributed by atoms with E-state index >= 15 is 0 Å². The van der Waals surface area contributed by atoms with Crippen LogP contribution in [0.25, 0.3) is 0 Å². The van der Waals surface area contributed by atoms with Crippen molar-refractivity contribution < 1.29 is 4.84 Å². The smallest absolute Gasteiger partial charge is 0.106 e. The van der Waals surface area contributed by atoms with Gasteiger partial charge in [-0.15, -0.1) is 12.4 Å². The van der Waals surface area contributed by atoms with Crippen molar-refractivity contribution in [3.8, 4) is 11.8 Å². The minimum atomic E-state index is 0. The number of rotatable bonds is 2. The van der Waals surface area contributed by atoms with Gasteiger partial charge in [0, 0.05) is 29.1 Å². The predicted molar refractivity (Wildman–Crippen MR) is 78.5 cm³/mol. The second kappa shape index (κ2) is 7.91. The first-order chi connectivity index (χ1) is 8.88. The highest BCUT2D eigenvalue weighted by atomic mass is 35.5. The number of benzene rings is 1. The fourth-order valence-corrected chi connectivity index (χ4v) is 1.38. The number of nitrogens with zero attached hydrogens (tertiary/aromatic N) is 2. The molecular weight excluding hydrogens is 260 g/mol. The van der Waals surface area contributed by atoms with Crippen molar-refractivity contribution >= 4 is 18.6 Å². The van der Waals surface area contributed by atoms with Crippen LogP contribution in [0.3, 0.4) is 0 Å². The maximum atomic E-state index is 4.62. The Morgan fingerprint density at radius 2 is 1.84 bits per heavy atom. The SMILES string of the molecule is CON=Cc1cncc(C#Cc2ccccc2)c1.Cl. The van der Waals surface area contributed by atoms with Crippen molar-refractivity contribution in [2.24, 2.45) is 5.16 Å². The molecule has 0 N–H and O–H groups in total. The molecule has 0 fully saturated rings. The molecular formula is C15H13ClN2O. The molecule has 96 valence electrons. The Balaban J connectivity index is 0.00000180. The molecule has 0 unspecified atom stereocenters. The lowest BCUT2D eigenvalue weighted by atomic mass is 10.2. The molecule has 0 saturated carbocycles. The van der Waals surface area contributed by atoms with Gasteiger partial charge < -0.3 is 4.84 Å². The summed E-state index contributed by atoms with van der Waals surface area (Å²) in [6.45, 7) is 0. The number of halogens is 1. The van der Waals surface area contributed by atoms with Crippen LogP contribution in [0.5, 0.6) is 0 Å². The summed E-state index contributed by atoms with van der Waals surface area (Å²) in [5.74, 6) is 6.14. The van der Waals surface area contributed by atoms with Crippen LogP contribution >= 0.6 is 12.4 Å². The normalized spacial score (nSPS) is 9.32. The molecule has 0 aliphatic rings. The van der Waals surface area contributed by atoms with Gasteiger partial charge in [-0.3, -0.25) is 4.98 Å². The molecule has 0 aliphatic carbocycles. The van der Waals surface area contributed by atoms with Crippen LogP contribution in [-0.2, 0) is 4.84 Å². The van der Waals surface area contributed by atoms with Crippen LogP contribution in [0.15, 0.2) is 53.9 Å². The molecule has 0 spiro atoms. The summed E-state index contributed by atoms with van der Waals surface area (Å²) < 4.78 is 0. The molecule has 3 nitrogen and oxygen atoms in total. The zero-order valence-corrected chi connectivity index (χ0v) is 11.2. The van der Waals surface area contributed by atoms with Gasteiger partial charge in [-0.2, -0.15) is 0 Å². The van der Waals surface area contributed by atoms with Gasteiger partial charge in [0.15, 0.2) is 0 Å². The third-order valence-electron chi connectivity index (χ3n) is 2.19. The zero-order valence-electron chi connectivity index (χ0n) is 10.4. The number of hydrogen-bond donors (Lipinski definition) is 0. The first-order valence-electron chi connectivity index (χ1n) is 5.47. The highest BCUT2D eigenvalue weighted by molar-refractivity contribution is 5.85. The molecule has 4 heteroatoms. The minimum absolute atomic E-state index is 0. The van der Waals surface area contributed by atoms with Crippen molar-refractivity contribution in [1.29, 1.82) is 0 Å². The van der Waals surface area contributed by atoms with E-state index in [1.54, 1.807) is 18.6 Å². The van der Waals surface area contributed by atoms with E-state index in [1.165, 1.54) is 7.11 Å². The van der Waals surface area contributed by atoms with E-state index in [1.807, 2.05) is 36.4 Å². The average molecular weight is 273 g/mol. The largest absolute Gasteiger partial charge is 0.399 e. The monoisotopic (exact) mass is 272 g/mol. The van der Waals surface area contributed by atoms with Crippen LogP contribution in [0.4, 0.5) is 0 Å². The fourth-order valence-electron chi connectivity index (χ4n) is 1.38. The van der Waals surface area contributed by atoms with Crippen LogP contribution in [0.1, 0.15) is 16.7 Å². The molecule has 1 aromatic carbocycles. The molecule has 0 radical (unpaired) electrons. The van der Waals surface area contributed by atoms with Gasteiger partial charge in [0.1, 0.15) is 7.11 Å². The van der Waals surface area contributed by atoms with Crippen LogP contribution in [0, 0.1) is 11.8 Å². The van der Waals surface area contributed by atoms with Crippen molar-refractivity contribution in [2.45, 2.75) is 0 Å². The van der Waals surface area contributed by atoms with Gasteiger partial charge in [0.05, 0.1) is 6.21 Å². The average Bonchev–Trinajstić information content (AvgIpc) is 2.44. The fraction of sp³-hybridized carbons (Fsp3) is 0.0667. The summed E-state index contributed by atoms with van der Waals surface area (Å²) in [6.07, 6.45) is 5.02. The molecule has 0 amide bonds. The highest BCUT2D eigenvalue weighted by Crippen LogP contribution is 2.01. The molecule has 1 aromatic heterocycles. The molecule has 0 saturated heterocycles. The molecule has 0 bridgehead atoms. The van der Waals surface area contributed by atoms with Crippen LogP contribution < -0.4 is 0 Å². The lowest BCUT2D eigenvalue weighted by Gasteiger charge is -1.93. The second-order valence-electron chi connectivity index (χ2n) is 3.54. The molecule has 19 heavy (non-hydrogen) atoms. The quantitative estimate of drug-likeness (QED) is 0.479. The summed E-state index contributed by atoms with van der Waals surface area (Å²) >= 11 is 0. The number of oxime groups is 1. The van der Waals surface area contributed by atoms with Crippen molar-refractivity contribution in [2.75, 3.05) is 7.11 Å². The van der Waals surface area contributed by atoms with Gasteiger partial charge in [0.25, 0.3) is 0 Å². The highest BCUT2D eigenvalue weighted by Gasteiger charge is 1.91. The Morgan fingerprint density at radius 1 is 1.11 bits per heavy atom. The van der Waals surface area contributed by atoms with E-state index < -0.39 is 0 Å². The van der Waals surface area contributed by atoms with Gasteiger partial charge in [0.2, 0.25) is 0 Å². The Kier molecular flexibility index (Phi) is 6.14. The van der Waals surface area contributed by atoms with Crippen LogP contribution in [0.2, 0.25) is 0 Å². The van der Waals surface area contributed by atoms with E-state index in [4.69, 9.17) is 0 Å². The summed E-state index contributed by atoms with van der Waals surface area (Å²) in [7, 11) is 1.50. The standard InChI is InChI=1S/C15H12N2O.ClH/c1-18-17-12-15-9-14(10-16-11-15)8-7-13-5-3-2-4-6-13;/h2-6,9-12H,1H3;1H. The second-order valence-corrected chi connectivity index (χ2v) is 3.54. The van der Waals surface area contributed by atoms with Crippen LogP contribution in [-0.4, -0.2) is 18.3 Å². The predicted octanol–water partition coefficient (Wildman–Crippen LogP) is 2.88. The lowest BCUT2D eigenvalue weighted by Crippen LogP contribution is -1.86. The molecule has 2 rings (SSSR count). The van der Waals surface area contributed by atoms with Gasteiger partial charge in [-0.1, -0.05) is 35.2 Å². The first-order valence-corrected chi connectivity index (χ1v) is 5.47. The summed E-state index contributed by atoms with van der Waals surface area (Å²) in [4.78, 5) is 8.72. The van der Waals surface area contributed by atoms with Gasteiger partial charge in [-0.05, 0) is 18.2 Å². The van der Waals surface area contributed by atoms with Gasteiger partial charge in [-0.25, -0.2) is 0 Å². The van der Waals surface area contributed by atoms with Crippen molar-refractivity contribution in [3.05, 3.63) is 65.5 Å². The first kappa shape index (κ1) is 14.7. The number of aromatic nitrogens is 1. The maximum absolute atomic E-state index is 4.62. The maximum Gasteiger partial charge on any atom is 0.106 e. The Labute approximate surface area is 118 Å². The molecule has 0 atom stereocenters. The number of hydrogen-bond acceptors (Lipinski definition) is 3. The molecule has 1 heterocycles. The van der Waals surface area contributed by atoms with Crippen molar-refractivity contribution in [1.82, 2.24) is 4.98 Å². The summed E-state index contributed by atoms with van der Waals surface area (Å²) in [5.41, 5.74) is 2.68. The van der Waals surface area contributed by atoms with E-state index in [-0.39, 0.29) is 12.4 Å². The topological polar surface area (TPSA) is 34.5 Å². The van der Waals surface area contributed by atoms with Gasteiger partial charge >= 0.3 is 0 Å². The third kappa shape index (κ3) is 4.82. The van der Waals surface area contributed by atoms with E-state index in [0.29, 0.717) is 0 Å². The lowest BCUT2D eigenvalue weighted by molar-refractivity contribution is 0.215. The van der Waals surface area contributed by atoms with Crippen molar-refractivity contribution in [3.63, 3.8) is 0 Å². The summed E-state index contributed by atoms with van der Waals surface area (Å²) in [6, 6.07) is 11.7.